The molecule has 0 aliphatic carbocycles. The number of likely N-dealkylation sites (tertiary alicyclic amines) is 1. The summed E-state index contributed by atoms with van der Waals surface area (Å²) in [5, 5.41) is 2.86. The lowest BCUT2D eigenvalue weighted by molar-refractivity contribution is -0.126. The molecule has 0 bridgehead atoms. The lowest BCUT2D eigenvalue weighted by Gasteiger charge is -2.26. The van der Waals surface area contributed by atoms with Crippen molar-refractivity contribution in [2.75, 3.05) is 13.1 Å². The number of amides is 2. The molecule has 26 heavy (non-hydrogen) atoms. The highest BCUT2D eigenvalue weighted by Gasteiger charge is 2.19. The number of nitrogens with one attached hydrogen (secondary N) is 1. The number of ether oxygens (including phenoxy) is 1. The second-order valence-electron chi connectivity index (χ2n) is 7.69. The first kappa shape index (κ1) is 20.0. The van der Waals surface area contributed by atoms with E-state index >= 15 is 0 Å². The summed E-state index contributed by atoms with van der Waals surface area (Å²) in [4.78, 5) is 26.4. The van der Waals surface area contributed by atoms with Crippen LogP contribution in [0, 0.1) is 0 Å². The first-order valence-corrected chi connectivity index (χ1v) is 9.34. The van der Waals surface area contributed by atoms with E-state index in [1.54, 1.807) is 12.2 Å². The van der Waals surface area contributed by atoms with E-state index < -0.39 is 11.7 Å². The van der Waals surface area contributed by atoms with Gasteiger partial charge in [0.1, 0.15) is 5.60 Å². The van der Waals surface area contributed by atoms with Gasteiger partial charge in [-0.1, -0.05) is 36.4 Å². The first-order chi connectivity index (χ1) is 12.3. The Morgan fingerprint density at radius 1 is 1.15 bits per heavy atom. The average Bonchev–Trinajstić information content (AvgIpc) is 2.59. The number of nitrogens with zero attached hydrogens (tertiary/aromatic N) is 1. The molecule has 0 unspecified atom stereocenters. The second-order valence-corrected chi connectivity index (χ2v) is 7.69. The van der Waals surface area contributed by atoms with Gasteiger partial charge in [-0.2, -0.15) is 0 Å². The van der Waals surface area contributed by atoms with Crippen molar-refractivity contribution in [3.63, 3.8) is 0 Å². The lowest BCUT2D eigenvalue weighted by atomic mass is 10.1. The molecule has 1 heterocycles. The standard InChI is InChI=1S/C21H30N2O3/c1-21(2,3)26-20(25)22-18(16-17-10-6-4-7-11-17)12-13-19(24)23-14-8-5-9-15-23/h4,6-7,10-13,18H,5,8-9,14-16H2,1-3H3,(H,22,25)/b13-12+/t18-/m1/s1. The summed E-state index contributed by atoms with van der Waals surface area (Å²) in [7, 11) is 0. The number of benzene rings is 1. The summed E-state index contributed by atoms with van der Waals surface area (Å²) in [5.74, 6) is 0.00810. The molecule has 1 aromatic rings. The summed E-state index contributed by atoms with van der Waals surface area (Å²) < 4.78 is 5.35. The largest absolute Gasteiger partial charge is 0.444 e. The minimum atomic E-state index is -0.561. The molecule has 2 rings (SSSR count). The van der Waals surface area contributed by atoms with Crippen molar-refractivity contribution in [2.45, 2.75) is 58.1 Å². The zero-order chi connectivity index (χ0) is 19.0. The highest BCUT2D eigenvalue weighted by atomic mass is 16.6. The fourth-order valence-corrected chi connectivity index (χ4v) is 2.91. The molecular formula is C21H30N2O3. The Labute approximate surface area is 156 Å². The highest BCUT2D eigenvalue weighted by Crippen LogP contribution is 2.11. The molecule has 5 nitrogen and oxygen atoms in total. The molecule has 0 radical (unpaired) electrons. The van der Waals surface area contributed by atoms with Crippen LogP contribution in [0.5, 0.6) is 0 Å². The summed E-state index contributed by atoms with van der Waals surface area (Å²) in [5.41, 5.74) is 0.526. The maximum Gasteiger partial charge on any atom is 0.408 e. The van der Waals surface area contributed by atoms with Gasteiger partial charge in [-0.05, 0) is 52.0 Å². The molecule has 1 saturated heterocycles. The van der Waals surface area contributed by atoms with Gasteiger partial charge in [0.2, 0.25) is 5.91 Å². The Hall–Kier alpha value is -2.30. The molecule has 1 aliphatic heterocycles. The van der Waals surface area contributed by atoms with Gasteiger partial charge in [0, 0.05) is 19.2 Å². The topological polar surface area (TPSA) is 58.6 Å². The van der Waals surface area contributed by atoms with Gasteiger partial charge in [-0.15, -0.1) is 0 Å². The van der Waals surface area contributed by atoms with Crippen LogP contribution in [0.15, 0.2) is 42.5 Å². The molecule has 0 aromatic heterocycles. The van der Waals surface area contributed by atoms with Crippen molar-refractivity contribution in [3.8, 4) is 0 Å². The van der Waals surface area contributed by atoms with Crippen LogP contribution >= 0.6 is 0 Å². The van der Waals surface area contributed by atoms with E-state index in [9.17, 15) is 9.59 Å². The van der Waals surface area contributed by atoms with E-state index in [2.05, 4.69) is 5.32 Å². The molecule has 1 aliphatic rings. The average molecular weight is 358 g/mol. The van der Waals surface area contributed by atoms with Crippen LogP contribution in [0.1, 0.15) is 45.6 Å². The monoisotopic (exact) mass is 358 g/mol. The SMILES string of the molecule is CC(C)(C)OC(=O)N[C@H](/C=C/C(=O)N1CCCCC1)Cc1ccccc1. The van der Waals surface area contributed by atoms with Gasteiger partial charge >= 0.3 is 6.09 Å². The summed E-state index contributed by atoms with van der Waals surface area (Å²) in [6, 6.07) is 9.58. The Morgan fingerprint density at radius 2 is 1.81 bits per heavy atom. The van der Waals surface area contributed by atoms with Crippen molar-refractivity contribution < 1.29 is 14.3 Å². The fourth-order valence-electron chi connectivity index (χ4n) is 2.91. The van der Waals surface area contributed by atoms with Crippen molar-refractivity contribution in [1.29, 1.82) is 0 Å². The van der Waals surface area contributed by atoms with Crippen LogP contribution in [0.2, 0.25) is 0 Å². The van der Waals surface area contributed by atoms with Gasteiger partial charge in [-0.25, -0.2) is 4.79 Å². The zero-order valence-electron chi connectivity index (χ0n) is 16.0. The van der Waals surface area contributed by atoms with Gasteiger partial charge in [0.25, 0.3) is 0 Å². The molecule has 1 aromatic carbocycles. The quantitative estimate of drug-likeness (QED) is 0.817. The molecule has 142 valence electrons. The van der Waals surface area contributed by atoms with Crippen LogP contribution in [-0.2, 0) is 16.0 Å². The second kappa shape index (κ2) is 9.41. The maximum atomic E-state index is 12.4. The van der Waals surface area contributed by atoms with Crippen LogP contribution in [0.4, 0.5) is 4.79 Å². The van der Waals surface area contributed by atoms with Crippen LogP contribution in [-0.4, -0.2) is 41.6 Å². The summed E-state index contributed by atoms with van der Waals surface area (Å²) >= 11 is 0. The number of hydrogen-bond donors (Lipinski definition) is 1. The predicted octanol–water partition coefficient (Wildman–Crippen LogP) is 3.69. The number of rotatable bonds is 5. The van der Waals surface area contributed by atoms with E-state index in [0.29, 0.717) is 6.42 Å². The Balaban J connectivity index is 2.02. The third-order valence-corrected chi connectivity index (χ3v) is 4.14. The minimum Gasteiger partial charge on any atom is -0.444 e. The van der Waals surface area contributed by atoms with Crippen LogP contribution in [0.25, 0.3) is 0 Å². The first-order valence-electron chi connectivity index (χ1n) is 9.34. The maximum absolute atomic E-state index is 12.4. The minimum absolute atomic E-state index is 0.00810. The fraction of sp³-hybridized carbons (Fsp3) is 0.524. The third-order valence-electron chi connectivity index (χ3n) is 4.14. The van der Waals surface area contributed by atoms with Crippen molar-refractivity contribution >= 4 is 12.0 Å². The van der Waals surface area contributed by atoms with Gasteiger partial charge in [0.15, 0.2) is 0 Å². The van der Waals surface area contributed by atoms with E-state index in [1.165, 1.54) is 6.42 Å². The van der Waals surface area contributed by atoms with Crippen molar-refractivity contribution in [1.82, 2.24) is 10.2 Å². The molecular weight excluding hydrogens is 328 g/mol. The Morgan fingerprint density at radius 3 is 2.42 bits per heavy atom. The number of piperidine rings is 1. The molecule has 0 saturated carbocycles. The smallest absolute Gasteiger partial charge is 0.408 e. The molecule has 1 N–H and O–H groups in total. The van der Waals surface area contributed by atoms with Crippen LogP contribution < -0.4 is 5.32 Å². The summed E-state index contributed by atoms with van der Waals surface area (Å²) in [6.45, 7) is 7.11. The molecule has 2 amide bonds. The number of hydrogen-bond acceptors (Lipinski definition) is 3. The lowest BCUT2D eigenvalue weighted by Crippen LogP contribution is -2.40. The van der Waals surface area contributed by atoms with E-state index in [-0.39, 0.29) is 11.9 Å². The third kappa shape index (κ3) is 7.30. The number of carbonyl (C=O) groups is 2. The predicted molar refractivity (Wildman–Crippen MR) is 103 cm³/mol. The Bertz CT molecular complexity index is 614. The number of carbonyl (C=O) groups excluding carboxylic acids is 2. The zero-order valence-corrected chi connectivity index (χ0v) is 16.0. The highest BCUT2D eigenvalue weighted by molar-refractivity contribution is 5.87. The van der Waals surface area contributed by atoms with E-state index in [0.717, 1.165) is 31.5 Å². The molecule has 0 spiro atoms. The molecule has 5 heteroatoms. The van der Waals surface area contributed by atoms with Crippen molar-refractivity contribution in [2.24, 2.45) is 0 Å². The van der Waals surface area contributed by atoms with E-state index in [4.69, 9.17) is 4.74 Å². The van der Waals surface area contributed by atoms with Gasteiger partial charge in [0.05, 0.1) is 6.04 Å². The normalized spacial score (nSPS) is 16.3. The van der Waals surface area contributed by atoms with E-state index in [1.807, 2.05) is 56.0 Å². The van der Waals surface area contributed by atoms with Gasteiger partial charge in [-0.3, -0.25) is 4.79 Å². The van der Waals surface area contributed by atoms with Gasteiger partial charge < -0.3 is 15.0 Å². The number of alkyl carbamates (subject to hydrolysis) is 1. The van der Waals surface area contributed by atoms with Crippen molar-refractivity contribution in [3.05, 3.63) is 48.0 Å². The Kier molecular flexibility index (Phi) is 7.25. The molecule has 1 atom stereocenters. The molecule has 1 fully saturated rings. The summed E-state index contributed by atoms with van der Waals surface area (Å²) in [6.07, 6.45) is 6.78. The van der Waals surface area contributed by atoms with Crippen LogP contribution in [0.3, 0.4) is 0 Å².